The van der Waals surface area contributed by atoms with Crippen molar-refractivity contribution >= 4 is 40.6 Å². The highest BCUT2D eigenvalue weighted by atomic mass is 32.2. The molecule has 0 atom stereocenters. The van der Waals surface area contributed by atoms with Crippen molar-refractivity contribution in [1.82, 2.24) is 4.90 Å². The Hall–Kier alpha value is -3.84. The van der Waals surface area contributed by atoms with Gasteiger partial charge < -0.3 is 10.1 Å². The first-order valence-electron chi connectivity index (χ1n) is 10.8. The molecule has 0 spiro atoms. The topological polar surface area (TPSA) is 75.7 Å². The predicted octanol–water partition coefficient (Wildman–Crippen LogP) is 5.56. The van der Waals surface area contributed by atoms with E-state index in [1.165, 1.54) is 0 Å². The molecule has 1 aliphatic heterocycles. The van der Waals surface area contributed by atoms with Gasteiger partial charge in [0.15, 0.2) is 0 Å². The van der Waals surface area contributed by atoms with Crippen molar-refractivity contribution in [2.75, 3.05) is 11.9 Å². The van der Waals surface area contributed by atoms with Crippen molar-refractivity contribution in [3.63, 3.8) is 0 Å². The van der Waals surface area contributed by atoms with Crippen LogP contribution in [-0.2, 0) is 16.2 Å². The molecule has 0 radical (unpaired) electrons. The minimum Gasteiger partial charge on any atom is -0.489 e. The van der Waals surface area contributed by atoms with E-state index in [-0.39, 0.29) is 11.4 Å². The third kappa shape index (κ3) is 5.94. The number of carbonyl (C=O) groups is 3. The van der Waals surface area contributed by atoms with Crippen LogP contribution in [0.25, 0.3) is 6.08 Å². The van der Waals surface area contributed by atoms with E-state index in [1.807, 2.05) is 86.6 Å². The number of thioether (sulfide) groups is 1. The maximum atomic E-state index is 12.8. The Labute approximate surface area is 202 Å². The van der Waals surface area contributed by atoms with E-state index in [0.717, 1.165) is 38.9 Å². The van der Waals surface area contributed by atoms with Crippen molar-refractivity contribution in [3.8, 4) is 5.75 Å². The van der Waals surface area contributed by atoms with Gasteiger partial charge in [0.1, 0.15) is 18.9 Å². The van der Waals surface area contributed by atoms with Crippen LogP contribution in [0.1, 0.15) is 22.3 Å². The van der Waals surface area contributed by atoms with Gasteiger partial charge in [0.25, 0.3) is 11.1 Å². The molecule has 1 heterocycles. The largest absolute Gasteiger partial charge is 0.489 e. The van der Waals surface area contributed by atoms with E-state index in [4.69, 9.17) is 4.74 Å². The molecule has 34 heavy (non-hydrogen) atoms. The fraction of sp³-hybridized carbons (Fsp3) is 0.148. The van der Waals surface area contributed by atoms with E-state index in [1.54, 1.807) is 6.08 Å². The number of anilines is 1. The number of ether oxygens (including phenoxy) is 1. The van der Waals surface area contributed by atoms with Crippen LogP contribution in [-0.4, -0.2) is 28.5 Å². The van der Waals surface area contributed by atoms with Gasteiger partial charge in [0.05, 0.1) is 4.91 Å². The maximum absolute atomic E-state index is 12.8. The lowest BCUT2D eigenvalue weighted by Crippen LogP contribution is -2.36. The number of nitrogens with zero attached hydrogens (tertiary/aromatic N) is 1. The Morgan fingerprint density at radius 2 is 1.65 bits per heavy atom. The van der Waals surface area contributed by atoms with Gasteiger partial charge in [-0.3, -0.25) is 19.3 Å². The third-order valence-corrected chi connectivity index (χ3v) is 6.01. The molecule has 0 aliphatic carbocycles. The highest BCUT2D eigenvalue weighted by Gasteiger charge is 2.36. The SMILES string of the molecule is Cc1cc(C)cc(NC(=O)CN2C(=O)S/C(=C/c3ccc(OCc4ccccc4)cc3)C2=O)c1. The zero-order valence-electron chi connectivity index (χ0n) is 18.9. The first-order valence-corrected chi connectivity index (χ1v) is 11.6. The lowest BCUT2D eigenvalue weighted by Gasteiger charge is -2.13. The van der Waals surface area contributed by atoms with Gasteiger partial charge >= 0.3 is 0 Å². The molecular formula is C27H24N2O4S. The molecule has 0 aromatic heterocycles. The molecule has 6 nitrogen and oxygen atoms in total. The van der Waals surface area contributed by atoms with Gasteiger partial charge in [0, 0.05) is 5.69 Å². The van der Waals surface area contributed by atoms with Crippen LogP contribution >= 0.6 is 11.8 Å². The van der Waals surface area contributed by atoms with Crippen molar-refractivity contribution in [1.29, 1.82) is 0 Å². The number of hydrogen-bond acceptors (Lipinski definition) is 5. The summed E-state index contributed by atoms with van der Waals surface area (Å²) in [6.45, 7) is 4.00. The van der Waals surface area contributed by atoms with Crippen LogP contribution in [0.5, 0.6) is 5.75 Å². The van der Waals surface area contributed by atoms with Gasteiger partial charge in [0.2, 0.25) is 5.91 Å². The fourth-order valence-electron chi connectivity index (χ4n) is 3.58. The van der Waals surface area contributed by atoms with E-state index in [2.05, 4.69) is 5.32 Å². The number of rotatable bonds is 7. The molecule has 3 amide bonds. The molecule has 3 aromatic rings. The molecule has 4 rings (SSSR count). The number of hydrogen-bond donors (Lipinski definition) is 1. The summed E-state index contributed by atoms with van der Waals surface area (Å²) in [4.78, 5) is 38.8. The summed E-state index contributed by atoms with van der Waals surface area (Å²) in [6.07, 6.45) is 1.65. The Bertz CT molecular complexity index is 1230. The number of benzene rings is 3. The van der Waals surface area contributed by atoms with Gasteiger partial charge in [-0.25, -0.2) is 0 Å². The lowest BCUT2D eigenvalue weighted by atomic mass is 10.1. The van der Waals surface area contributed by atoms with Crippen molar-refractivity contribution in [3.05, 3.63) is 100.0 Å². The average Bonchev–Trinajstić information content (AvgIpc) is 3.06. The number of amides is 3. The second kappa shape index (κ2) is 10.4. The molecule has 3 aromatic carbocycles. The summed E-state index contributed by atoms with van der Waals surface area (Å²) in [5.74, 6) is -0.194. The summed E-state index contributed by atoms with van der Waals surface area (Å²) >= 11 is 0.829. The van der Waals surface area contributed by atoms with Crippen LogP contribution in [0.15, 0.2) is 77.7 Å². The van der Waals surface area contributed by atoms with Gasteiger partial charge in [-0.05, 0) is 78.2 Å². The average molecular weight is 473 g/mol. The molecule has 172 valence electrons. The third-order valence-electron chi connectivity index (χ3n) is 5.11. The quantitative estimate of drug-likeness (QED) is 0.456. The second-order valence-electron chi connectivity index (χ2n) is 8.04. The number of imide groups is 1. The standard InChI is InChI=1S/C27H24N2O4S/c1-18-12-19(2)14-22(13-18)28-25(30)16-29-26(31)24(34-27(29)32)15-20-8-10-23(11-9-20)33-17-21-6-4-3-5-7-21/h3-15H,16-17H2,1-2H3,(H,28,30)/b24-15+. The number of carbonyl (C=O) groups excluding carboxylic acids is 3. The molecule has 7 heteroatoms. The second-order valence-corrected chi connectivity index (χ2v) is 9.03. The zero-order valence-corrected chi connectivity index (χ0v) is 19.7. The van der Waals surface area contributed by atoms with Gasteiger partial charge in [-0.2, -0.15) is 0 Å². The Kier molecular flexibility index (Phi) is 7.13. The Morgan fingerprint density at radius 3 is 2.32 bits per heavy atom. The molecule has 1 saturated heterocycles. The van der Waals surface area contributed by atoms with E-state index in [0.29, 0.717) is 18.0 Å². The summed E-state index contributed by atoms with van der Waals surface area (Å²) in [6, 6.07) is 22.8. The molecule has 0 unspecified atom stereocenters. The summed E-state index contributed by atoms with van der Waals surface area (Å²) in [5.41, 5.74) is 4.50. The summed E-state index contributed by atoms with van der Waals surface area (Å²) in [5, 5.41) is 2.30. The van der Waals surface area contributed by atoms with E-state index < -0.39 is 17.1 Å². The van der Waals surface area contributed by atoms with Crippen LogP contribution < -0.4 is 10.1 Å². The smallest absolute Gasteiger partial charge is 0.294 e. The van der Waals surface area contributed by atoms with Gasteiger partial charge in [-0.15, -0.1) is 0 Å². The van der Waals surface area contributed by atoms with Crippen molar-refractivity contribution < 1.29 is 19.1 Å². The molecule has 1 fully saturated rings. The number of aryl methyl sites for hydroxylation is 2. The predicted molar refractivity (Wildman–Crippen MR) is 134 cm³/mol. The van der Waals surface area contributed by atoms with Crippen molar-refractivity contribution in [2.24, 2.45) is 0 Å². The minimum absolute atomic E-state index is 0.280. The Morgan fingerprint density at radius 1 is 0.971 bits per heavy atom. The van der Waals surface area contributed by atoms with Crippen LogP contribution in [0.2, 0.25) is 0 Å². The zero-order chi connectivity index (χ0) is 24.1. The number of nitrogens with one attached hydrogen (secondary N) is 1. The summed E-state index contributed by atoms with van der Waals surface area (Å²) < 4.78 is 5.78. The maximum Gasteiger partial charge on any atom is 0.294 e. The highest BCUT2D eigenvalue weighted by Crippen LogP contribution is 2.32. The molecule has 1 aliphatic rings. The van der Waals surface area contributed by atoms with Crippen LogP contribution in [0.3, 0.4) is 0 Å². The molecule has 1 N–H and O–H groups in total. The summed E-state index contributed by atoms with van der Waals surface area (Å²) in [7, 11) is 0. The van der Waals surface area contributed by atoms with Crippen molar-refractivity contribution in [2.45, 2.75) is 20.5 Å². The minimum atomic E-state index is -0.477. The highest BCUT2D eigenvalue weighted by molar-refractivity contribution is 8.18. The van der Waals surface area contributed by atoms with Crippen LogP contribution in [0.4, 0.5) is 10.5 Å². The molecule has 0 saturated carbocycles. The van der Waals surface area contributed by atoms with Crippen LogP contribution in [0, 0.1) is 13.8 Å². The fourth-order valence-corrected chi connectivity index (χ4v) is 4.42. The molecular weight excluding hydrogens is 448 g/mol. The lowest BCUT2D eigenvalue weighted by molar-refractivity contribution is -0.127. The van der Waals surface area contributed by atoms with E-state index >= 15 is 0 Å². The first-order chi connectivity index (χ1) is 16.4. The normalized spacial score (nSPS) is 14.5. The molecule has 0 bridgehead atoms. The van der Waals surface area contributed by atoms with E-state index in [9.17, 15) is 14.4 Å². The monoisotopic (exact) mass is 472 g/mol. The first kappa shape index (κ1) is 23.3. The Balaban J connectivity index is 1.36. The van der Waals surface area contributed by atoms with Gasteiger partial charge in [-0.1, -0.05) is 48.5 Å².